The van der Waals surface area contributed by atoms with Gasteiger partial charge in [-0.2, -0.15) is 33.9 Å². The van der Waals surface area contributed by atoms with Crippen molar-refractivity contribution in [3.63, 3.8) is 0 Å². The quantitative estimate of drug-likeness (QED) is 0.190. The standard InChI is InChI=1S/C27H46N3.2C3H7.Hf/c1-18-12-20(3)25(21(4)13-18)29-16-27(7,24-10-8-9-11-28-24)17-30-26-22(5)14-19(2)15-23(26)6;2*1-3-2;/h8-11,18-26H,12-17H2,1-7H3;2*3H,1-2H3;/q-3;2*-1;. The van der Waals surface area contributed by atoms with E-state index in [1.165, 1.54) is 25.7 Å². The molecule has 2 aliphatic carbocycles. The van der Waals surface area contributed by atoms with Crippen LogP contribution in [0.2, 0.25) is 0 Å². The Balaban J connectivity index is 0.00000169. The van der Waals surface area contributed by atoms with Crippen molar-refractivity contribution < 1.29 is 25.8 Å². The molecule has 216 valence electrons. The first-order chi connectivity index (χ1) is 17.0. The second kappa shape index (κ2) is 19.2. The van der Waals surface area contributed by atoms with Crippen LogP contribution in [0.4, 0.5) is 0 Å². The summed E-state index contributed by atoms with van der Waals surface area (Å²) >= 11 is 0. The molecule has 2 saturated carbocycles. The van der Waals surface area contributed by atoms with Crippen LogP contribution in [-0.4, -0.2) is 31.2 Å². The monoisotopic (exact) mass is 678 g/mol. The van der Waals surface area contributed by atoms with E-state index in [1.807, 2.05) is 52.8 Å². The van der Waals surface area contributed by atoms with E-state index in [0.717, 1.165) is 24.9 Å². The number of hydrogen-bond acceptors (Lipinski definition) is 0. The van der Waals surface area contributed by atoms with E-state index in [4.69, 9.17) is 16.0 Å². The van der Waals surface area contributed by atoms with Gasteiger partial charge in [0.1, 0.15) is 0 Å². The Morgan fingerprint density at radius 2 is 1.05 bits per heavy atom. The third kappa shape index (κ3) is 12.4. The van der Waals surface area contributed by atoms with Gasteiger partial charge in [0.25, 0.3) is 0 Å². The first-order valence-corrected chi connectivity index (χ1v) is 14.9. The fraction of sp³-hybridized carbons (Fsp3) is 0.818. The second-order valence-corrected chi connectivity index (χ2v) is 12.9. The zero-order valence-electron chi connectivity index (χ0n) is 26.2. The van der Waals surface area contributed by atoms with Crippen LogP contribution in [0, 0.1) is 53.8 Å². The third-order valence-electron chi connectivity index (χ3n) is 8.21. The van der Waals surface area contributed by atoms with E-state index in [1.54, 1.807) is 0 Å². The van der Waals surface area contributed by atoms with Crippen LogP contribution in [0.15, 0.2) is 24.4 Å². The summed E-state index contributed by atoms with van der Waals surface area (Å²) < 4.78 is 0. The van der Waals surface area contributed by atoms with Gasteiger partial charge in [-0.15, -0.1) is 25.2 Å². The van der Waals surface area contributed by atoms with Crippen molar-refractivity contribution >= 4 is 0 Å². The molecule has 0 aromatic heterocycles. The normalized spacial score (nSPS) is 36.5. The first kappa shape index (κ1) is 37.1. The molecule has 3 nitrogen and oxygen atoms in total. The van der Waals surface area contributed by atoms with Crippen molar-refractivity contribution in [1.29, 1.82) is 0 Å². The van der Waals surface area contributed by atoms with E-state index in [0.29, 0.717) is 35.8 Å². The molecule has 4 heteroatoms. The zero-order valence-corrected chi connectivity index (χ0v) is 29.8. The molecule has 5 unspecified atom stereocenters. The van der Waals surface area contributed by atoms with E-state index < -0.39 is 0 Å². The van der Waals surface area contributed by atoms with Crippen LogP contribution >= 0.6 is 0 Å². The van der Waals surface area contributed by atoms with Crippen molar-refractivity contribution in [3.8, 4) is 0 Å². The Kier molecular flexibility index (Phi) is 19.2. The average Bonchev–Trinajstić information content (AvgIpc) is 2.79. The number of hydrogen-bond donors (Lipinski definition) is 0. The van der Waals surface area contributed by atoms with Gasteiger partial charge in [0.15, 0.2) is 0 Å². The van der Waals surface area contributed by atoms with Gasteiger partial charge < -0.3 is 28.8 Å². The summed E-state index contributed by atoms with van der Waals surface area (Å²) in [6.07, 6.45) is 17.6. The molecule has 0 N–H and O–H groups in total. The Hall–Kier alpha value is 0.0701. The predicted octanol–water partition coefficient (Wildman–Crippen LogP) is 10.2. The minimum absolute atomic E-state index is 0. The Bertz CT molecular complexity index is 573. The molecule has 0 amide bonds. The van der Waals surface area contributed by atoms with E-state index in [-0.39, 0.29) is 37.3 Å². The molecule has 0 aromatic rings. The number of rotatable bonds is 7. The summed E-state index contributed by atoms with van der Waals surface area (Å²) in [6, 6.07) is 1.14. The summed E-state index contributed by atoms with van der Waals surface area (Å²) in [5, 5.41) is 15.6. The summed E-state index contributed by atoms with van der Waals surface area (Å²) in [5.74, 6) is 4.40. The van der Waals surface area contributed by atoms with Crippen molar-refractivity contribution in [2.24, 2.45) is 40.9 Å². The van der Waals surface area contributed by atoms with E-state index in [2.05, 4.69) is 60.6 Å². The van der Waals surface area contributed by atoms with E-state index >= 15 is 0 Å². The van der Waals surface area contributed by atoms with Crippen molar-refractivity contribution in [2.75, 3.05) is 13.1 Å². The molecule has 3 aliphatic rings. The SMILES string of the molecule is CC1CC(C)C([N-]CC(C)(C[N-]C2C(C)CC(C)CC2C)C2C=CC=C[N-]2)C(C)C1.C[CH-]C.C[CH-]C.[Hf]. The fourth-order valence-corrected chi connectivity index (χ4v) is 6.82. The first-order valence-electron chi connectivity index (χ1n) is 14.9. The van der Waals surface area contributed by atoms with Crippen LogP contribution < -0.4 is 0 Å². The van der Waals surface area contributed by atoms with Crippen molar-refractivity contribution in [1.82, 2.24) is 0 Å². The Morgan fingerprint density at radius 1 is 0.703 bits per heavy atom. The van der Waals surface area contributed by atoms with Gasteiger partial charge in [0.05, 0.1) is 0 Å². The topological polar surface area (TPSA) is 42.3 Å². The molecule has 0 saturated heterocycles. The minimum Gasteiger partial charge on any atom is -0.684 e. The minimum atomic E-state index is -0.0354. The van der Waals surface area contributed by atoms with Gasteiger partial charge >= 0.3 is 0 Å². The predicted molar refractivity (Wildman–Crippen MR) is 162 cm³/mol. The van der Waals surface area contributed by atoms with Gasteiger partial charge in [0, 0.05) is 25.8 Å². The van der Waals surface area contributed by atoms with Gasteiger partial charge in [-0.25, -0.2) is 0 Å². The van der Waals surface area contributed by atoms with Crippen LogP contribution in [-0.2, 0) is 25.8 Å². The van der Waals surface area contributed by atoms with Gasteiger partial charge in [-0.05, 0) is 37.5 Å². The largest absolute Gasteiger partial charge is 0.684 e. The Morgan fingerprint density at radius 3 is 1.35 bits per heavy atom. The molecule has 2 fully saturated rings. The zero-order chi connectivity index (χ0) is 27.3. The maximum atomic E-state index is 5.36. The molecule has 0 bridgehead atoms. The van der Waals surface area contributed by atoms with Gasteiger partial charge in [0.2, 0.25) is 0 Å². The summed E-state index contributed by atoms with van der Waals surface area (Å²) in [5.41, 5.74) is -0.0354. The van der Waals surface area contributed by atoms with Crippen molar-refractivity contribution in [2.45, 2.75) is 120 Å². The van der Waals surface area contributed by atoms with Crippen LogP contribution in [0.25, 0.3) is 16.0 Å². The molecular weight excluding hydrogens is 617 g/mol. The second-order valence-electron chi connectivity index (χ2n) is 12.9. The van der Waals surface area contributed by atoms with Gasteiger partial charge in [-0.1, -0.05) is 102 Å². The third-order valence-corrected chi connectivity index (χ3v) is 8.21. The molecule has 5 atom stereocenters. The molecule has 1 aliphatic heterocycles. The molecule has 37 heavy (non-hydrogen) atoms. The smallest absolute Gasteiger partial charge is 0 e. The maximum Gasteiger partial charge on any atom is 0 e. The Labute approximate surface area is 252 Å². The maximum absolute atomic E-state index is 5.36. The molecule has 1 heterocycles. The fourth-order valence-electron chi connectivity index (χ4n) is 6.82. The van der Waals surface area contributed by atoms with Crippen LogP contribution in [0.1, 0.15) is 102 Å². The summed E-state index contributed by atoms with van der Waals surface area (Å²) in [7, 11) is 0. The molecular formula is C33H60HfN3-5. The van der Waals surface area contributed by atoms with Crippen molar-refractivity contribution in [3.05, 3.63) is 53.2 Å². The number of nitrogens with zero attached hydrogens (tertiary/aromatic N) is 3. The summed E-state index contributed by atoms with van der Waals surface area (Å²) in [6.45, 7) is 26.5. The van der Waals surface area contributed by atoms with Gasteiger partial charge in [-0.3, -0.25) is 0 Å². The summed E-state index contributed by atoms with van der Waals surface area (Å²) in [4.78, 5) is 0. The number of allylic oxidation sites excluding steroid dienone is 2. The molecule has 3 rings (SSSR count). The molecule has 0 aromatic carbocycles. The molecule has 0 spiro atoms. The average molecular weight is 677 g/mol. The molecule has 0 radical (unpaired) electrons. The van der Waals surface area contributed by atoms with E-state index in [9.17, 15) is 0 Å². The van der Waals surface area contributed by atoms with Crippen LogP contribution in [0.3, 0.4) is 0 Å². The van der Waals surface area contributed by atoms with Crippen LogP contribution in [0.5, 0.6) is 0 Å².